The van der Waals surface area contributed by atoms with Crippen LogP contribution in [-0.2, 0) is 14.4 Å². The average molecular weight is 211 g/mol. The Labute approximate surface area is 87.1 Å². The number of carboxylic acid groups (broad SMARTS) is 1. The van der Waals surface area contributed by atoms with Gasteiger partial charge in [-0.2, -0.15) is 0 Å². The highest BCUT2D eigenvalue weighted by Crippen LogP contribution is 2.46. The van der Waals surface area contributed by atoms with Crippen LogP contribution in [0.5, 0.6) is 0 Å². The Morgan fingerprint density at radius 2 is 2.20 bits per heavy atom. The van der Waals surface area contributed by atoms with Crippen molar-refractivity contribution < 1.29 is 19.5 Å². The van der Waals surface area contributed by atoms with Gasteiger partial charge in [0.2, 0.25) is 5.91 Å². The summed E-state index contributed by atoms with van der Waals surface area (Å²) < 4.78 is 0. The van der Waals surface area contributed by atoms with E-state index in [0.717, 1.165) is 0 Å². The molecule has 1 amide bonds. The van der Waals surface area contributed by atoms with Crippen molar-refractivity contribution >= 4 is 17.7 Å². The van der Waals surface area contributed by atoms with E-state index in [2.05, 4.69) is 0 Å². The van der Waals surface area contributed by atoms with Crippen LogP contribution in [0.4, 0.5) is 0 Å². The van der Waals surface area contributed by atoms with Crippen molar-refractivity contribution in [3.63, 3.8) is 0 Å². The Hall–Kier alpha value is -1.39. The number of amides is 1. The molecule has 82 valence electrons. The lowest BCUT2D eigenvalue weighted by molar-refractivity contribution is -0.150. The first kappa shape index (κ1) is 10.1. The maximum atomic E-state index is 11.5. The Morgan fingerprint density at radius 1 is 1.53 bits per heavy atom. The number of aliphatic carboxylic acids is 1. The molecule has 2 unspecified atom stereocenters. The fraction of sp³-hybridized carbons (Fsp3) is 0.700. The van der Waals surface area contributed by atoms with Crippen LogP contribution in [-0.4, -0.2) is 40.8 Å². The van der Waals surface area contributed by atoms with Gasteiger partial charge < -0.3 is 10.0 Å². The van der Waals surface area contributed by atoms with Gasteiger partial charge in [0, 0.05) is 26.4 Å². The SMILES string of the molecule is CC(=O)N1CC2C(=O)CCC2(C(=O)O)C1. The summed E-state index contributed by atoms with van der Waals surface area (Å²) in [5.74, 6) is -1.60. The van der Waals surface area contributed by atoms with E-state index in [9.17, 15) is 19.5 Å². The molecule has 5 nitrogen and oxygen atoms in total. The predicted molar refractivity (Wildman–Crippen MR) is 50.1 cm³/mol. The minimum Gasteiger partial charge on any atom is -0.481 e. The number of carboxylic acids is 1. The summed E-state index contributed by atoms with van der Waals surface area (Å²) in [6.45, 7) is 1.87. The monoisotopic (exact) mass is 211 g/mol. The van der Waals surface area contributed by atoms with Crippen LogP contribution in [0.1, 0.15) is 19.8 Å². The van der Waals surface area contributed by atoms with E-state index >= 15 is 0 Å². The standard InChI is InChI=1S/C10H13NO4/c1-6(12)11-4-7-8(13)2-3-10(7,5-11)9(14)15/h7H,2-5H2,1H3,(H,14,15). The number of ketones is 1. The lowest BCUT2D eigenvalue weighted by Crippen LogP contribution is -2.37. The summed E-state index contributed by atoms with van der Waals surface area (Å²) >= 11 is 0. The summed E-state index contributed by atoms with van der Waals surface area (Å²) in [4.78, 5) is 35.4. The fourth-order valence-corrected chi connectivity index (χ4v) is 2.66. The molecule has 5 heteroatoms. The molecule has 2 atom stereocenters. The summed E-state index contributed by atoms with van der Waals surface area (Å²) in [5.41, 5.74) is -0.997. The zero-order chi connectivity index (χ0) is 11.2. The molecule has 2 fully saturated rings. The summed E-state index contributed by atoms with van der Waals surface area (Å²) in [6.07, 6.45) is 0.707. The van der Waals surface area contributed by atoms with Gasteiger partial charge in [-0.25, -0.2) is 0 Å². The number of carbonyl (C=O) groups excluding carboxylic acids is 2. The van der Waals surface area contributed by atoms with Crippen molar-refractivity contribution in [2.24, 2.45) is 11.3 Å². The zero-order valence-corrected chi connectivity index (χ0v) is 8.52. The van der Waals surface area contributed by atoms with Gasteiger partial charge in [-0.15, -0.1) is 0 Å². The normalized spacial score (nSPS) is 34.3. The van der Waals surface area contributed by atoms with Crippen molar-refractivity contribution in [1.29, 1.82) is 0 Å². The zero-order valence-electron chi connectivity index (χ0n) is 8.52. The Kier molecular flexibility index (Phi) is 2.06. The van der Waals surface area contributed by atoms with Gasteiger partial charge in [-0.1, -0.05) is 0 Å². The first-order valence-corrected chi connectivity index (χ1v) is 4.99. The van der Waals surface area contributed by atoms with Crippen molar-refractivity contribution in [2.75, 3.05) is 13.1 Å². The van der Waals surface area contributed by atoms with Crippen LogP contribution >= 0.6 is 0 Å². The molecule has 0 aromatic carbocycles. The highest BCUT2D eigenvalue weighted by molar-refractivity contribution is 5.94. The quantitative estimate of drug-likeness (QED) is 0.657. The van der Waals surface area contributed by atoms with Gasteiger partial charge in [-0.05, 0) is 6.42 Å². The van der Waals surface area contributed by atoms with E-state index in [1.165, 1.54) is 11.8 Å². The van der Waals surface area contributed by atoms with Crippen LogP contribution in [0.3, 0.4) is 0 Å². The second kappa shape index (κ2) is 3.05. The maximum Gasteiger partial charge on any atom is 0.312 e. The number of carbonyl (C=O) groups is 3. The molecule has 2 rings (SSSR count). The van der Waals surface area contributed by atoms with Crippen molar-refractivity contribution in [3.05, 3.63) is 0 Å². The largest absolute Gasteiger partial charge is 0.481 e. The van der Waals surface area contributed by atoms with Crippen LogP contribution in [0.2, 0.25) is 0 Å². The molecular formula is C10H13NO4. The summed E-state index contributed by atoms with van der Waals surface area (Å²) in [7, 11) is 0. The number of fused-ring (bicyclic) bond motifs is 1. The first-order chi connectivity index (χ1) is 6.97. The second-order valence-electron chi connectivity index (χ2n) is 4.38. The predicted octanol–water partition coefficient (Wildman–Crippen LogP) is -0.101. The number of rotatable bonds is 1. The fourth-order valence-electron chi connectivity index (χ4n) is 2.66. The van der Waals surface area contributed by atoms with E-state index < -0.39 is 17.3 Å². The third-order valence-corrected chi connectivity index (χ3v) is 3.62. The van der Waals surface area contributed by atoms with Crippen LogP contribution < -0.4 is 0 Å². The molecule has 0 aromatic rings. The van der Waals surface area contributed by atoms with E-state index in [4.69, 9.17) is 0 Å². The Balaban J connectivity index is 2.32. The smallest absolute Gasteiger partial charge is 0.312 e. The Bertz CT molecular complexity index is 351. The van der Waals surface area contributed by atoms with Gasteiger partial charge >= 0.3 is 5.97 Å². The van der Waals surface area contributed by atoms with E-state index in [1.807, 2.05) is 0 Å². The molecule has 1 N–H and O–H groups in total. The van der Waals surface area contributed by atoms with Crippen LogP contribution in [0, 0.1) is 11.3 Å². The second-order valence-corrected chi connectivity index (χ2v) is 4.38. The molecule has 0 spiro atoms. The average Bonchev–Trinajstić information content (AvgIpc) is 2.65. The minimum atomic E-state index is -0.997. The first-order valence-electron chi connectivity index (χ1n) is 4.99. The van der Waals surface area contributed by atoms with Gasteiger partial charge in [0.25, 0.3) is 0 Å². The molecule has 0 bridgehead atoms. The highest BCUT2D eigenvalue weighted by Gasteiger charge is 2.59. The summed E-state index contributed by atoms with van der Waals surface area (Å²) in [5, 5.41) is 9.20. The molecule has 1 heterocycles. The lowest BCUT2D eigenvalue weighted by atomic mass is 9.81. The van der Waals surface area contributed by atoms with Crippen LogP contribution in [0.25, 0.3) is 0 Å². The third kappa shape index (κ3) is 1.26. The number of nitrogens with zero attached hydrogens (tertiary/aromatic N) is 1. The van der Waals surface area contributed by atoms with Gasteiger partial charge in [0.05, 0.1) is 11.3 Å². The van der Waals surface area contributed by atoms with E-state index in [-0.39, 0.29) is 24.8 Å². The van der Waals surface area contributed by atoms with Gasteiger partial charge in [0.1, 0.15) is 5.78 Å². The van der Waals surface area contributed by atoms with Crippen molar-refractivity contribution in [1.82, 2.24) is 4.90 Å². The number of likely N-dealkylation sites (tertiary alicyclic amines) is 1. The van der Waals surface area contributed by atoms with E-state index in [0.29, 0.717) is 12.8 Å². The molecule has 1 aliphatic heterocycles. The van der Waals surface area contributed by atoms with E-state index in [1.54, 1.807) is 0 Å². The third-order valence-electron chi connectivity index (χ3n) is 3.62. The van der Waals surface area contributed by atoms with Crippen molar-refractivity contribution in [3.8, 4) is 0 Å². The van der Waals surface area contributed by atoms with Gasteiger partial charge in [-0.3, -0.25) is 14.4 Å². The molecule has 1 saturated heterocycles. The summed E-state index contributed by atoms with van der Waals surface area (Å²) in [6, 6.07) is 0. The molecule has 0 radical (unpaired) electrons. The Morgan fingerprint density at radius 3 is 2.67 bits per heavy atom. The van der Waals surface area contributed by atoms with Crippen LogP contribution in [0.15, 0.2) is 0 Å². The molecule has 1 saturated carbocycles. The minimum absolute atomic E-state index is 0.0128. The van der Waals surface area contributed by atoms with Gasteiger partial charge in [0.15, 0.2) is 0 Å². The van der Waals surface area contributed by atoms with Crippen molar-refractivity contribution in [2.45, 2.75) is 19.8 Å². The number of Topliss-reactive ketones (excluding diaryl/α,β-unsaturated/α-hetero) is 1. The molecule has 2 aliphatic rings. The molecule has 0 aromatic heterocycles. The lowest BCUT2D eigenvalue weighted by Gasteiger charge is -2.21. The number of hydrogen-bond donors (Lipinski definition) is 1. The maximum absolute atomic E-state index is 11.5. The highest BCUT2D eigenvalue weighted by atomic mass is 16.4. The molecular weight excluding hydrogens is 198 g/mol. The molecule has 1 aliphatic carbocycles. The molecule has 15 heavy (non-hydrogen) atoms. The topological polar surface area (TPSA) is 74.7 Å². The number of hydrogen-bond acceptors (Lipinski definition) is 3.